The van der Waals surface area contributed by atoms with Crippen molar-refractivity contribution in [2.75, 3.05) is 13.1 Å². The van der Waals surface area contributed by atoms with Gasteiger partial charge in [0.05, 0.1) is 23.8 Å². The van der Waals surface area contributed by atoms with E-state index in [-0.39, 0.29) is 24.6 Å². The lowest BCUT2D eigenvalue weighted by atomic mass is 10.3. The molecule has 0 spiro atoms. The van der Waals surface area contributed by atoms with Gasteiger partial charge in [-0.25, -0.2) is 4.98 Å². The summed E-state index contributed by atoms with van der Waals surface area (Å²) in [5.41, 5.74) is 0.862. The second kappa shape index (κ2) is 7.35. The molecule has 0 aliphatic carbocycles. The zero-order chi connectivity index (χ0) is 15.9. The average Bonchev–Trinajstić information content (AvgIpc) is 2.53. The summed E-state index contributed by atoms with van der Waals surface area (Å²) in [6.45, 7) is 2.27. The van der Waals surface area contributed by atoms with Gasteiger partial charge in [-0.3, -0.25) is 19.0 Å². The van der Waals surface area contributed by atoms with Crippen molar-refractivity contribution in [3.8, 4) is 0 Å². The average molecular weight is 302 g/mol. The number of nitrogens with zero attached hydrogens (tertiary/aromatic N) is 2. The standard InChI is InChI=1S/C15H18N4O3/c1-2-7-16-13(20)8-18-14(21)10-19-12-6-4-3-5-11(12)17-9-15(19)22/h3-6,9H,2,7-8,10H2,1H3,(H,16,20)(H,18,21). The minimum absolute atomic E-state index is 0.101. The van der Waals surface area contributed by atoms with Gasteiger partial charge in [0.25, 0.3) is 5.56 Å². The number of rotatable bonds is 6. The third-order valence-electron chi connectivity index (χ3n) is 3.07. The fourth-order valence-corrected chi connectivity index (χ4v) is 1.98. The van der Waals surface area contributed by atoms with Gasteiger partial charge in [-0.2, -0.15) is 0 Å². The normalized spacial score (nSPS) is 10.4. The molecule has 2 rings (SSSR count). The first kappa shape index (κ1) is 15.7. The molecule has 22 heavy (non-hydrogen) atoms. The highest BCUT2D eigenvalue weighted by Gasteiger charge is 2.09. The molecule has 0 saturated carbocycles. The molecule has 2 amide bonds. The maximum absolute atomic E-state index is 11.9. The maximum Gasteiger partial charge on any atom is 0.269 e. The van der Waals surface area contributed by atoms with Crippen molar-refractivity contribution in [2.24, 2.45) is 0 Å². The van der Waals surface area contributed by atoms with E-state index >= 15 is 0 Å². The van der Waals surface area contributed by atoms with Gasteiger partial charge in [-0.1, -0.05) is 19.1 Å². The molecule has 7 heteroatoms. The van der Waals surface area contributed by atoms with Crippen molar-refractivity contribution in [3.05, 3.63) is 40.8 Å². The van der Waals surface area contributed by atoms with Crippen LogP contribution in [0.5, 0.6) is 0 Å². The zero-order valence-corrected chi connectivity index (χ0v) is 12.3. The van der Waals surface area contributed by atoms with Gasteiger partial charge in [0, 0.05) is 6.54 Å². The van der Waals surface area contributed by atoms with E-state index in [9.17, 15) is 14.4 Å². The van der Waals surface area contributed by atoms with Crippen LogP contribution in [0.2, 0.25) is 0 Å². The largest absolute Gasteiger partial charge is 0.355 e. The van der Waals surface area contributed by atoms with E-state index in [0.717, 1.165) is 6.42 Å². The number of para-hydroxylation sites is 2. The van der Waals surface area contributed by atoms with Crippen molar-refractivity contribution in [1.29, 1.82) is 0 Å². The van der Waals surface area contributed by atoms with Crippen LogP contribution >= 0.6 is 0 Å². The molecule has 0 aliphatic rings. The first-order chi connectivity index (χ1) is 10.6. The number of amides is 2. The van der Waals surface area contributed by atoms with E-state index in [4.69, 9.17) is 0 Å². The lowest BCUT2D eigenvalue weighted by Crippen LogP contribution is -2.39. The van der Waals surface area contributed by atoms with Gasteiger partial charge in [0.15, 0.2) is 0 Å². The van der Waals surface area contributed by atoms with Crippen LogP contribution in [-0.2, 0) is 16.1 Å². The van der Waals surface area contributed by atoms with E-state index < -0.39 is 5.91 Å². The molecular weight excluding hydrogens is 284 g/mol. The molecule has 1 aromatic carbocycles. The summed E-state index contributed by atoms with van der Waals surface area (Å²) in [4.78, 5) is 39.3. The Labute approximate surface area is 127 Å². The third-order valence-corrected chi connectivity index (χ3v) is 3.07. The number of aromatic nitrogens is 2. The van der Waals surface area contributed by atoms with Crippen LogP contribution in [-0.4, -0.2) is 34.5 Å². The van der Waals surface area contributed by atoms with E-state index in [0.29, 0.717) is 17.6 Å². The Hall–Kier alpha value is -2.70. The summed E-state index contributed by atoms with van der Waals surface area (Å²) in [6, 6.07) is 7.07. The smallest absolute Gasteiger partial charge is 0.269 e. The van der Waals surface area contributed by atoms with Crippen molar-refractivity contribution in [3.63, 3.8) is 0 Å². The highest BCUT2D eigenvalue weighted by Crippen LogP contribution is 2.07. The Bertz CT molecular complexity index is 739. The van der Waals surface area contributed by atoms with Gasteiger partial charge in [-0.05, 0) is 18.6 Å². The van der Waals surface area contributed by atoms with Gasteiger partial charge in [0.2, 0.25) is 11.8 Å². The number of carbonyl (C=O) groups excluding carboxylic acids is 2. The lowest BCUT2D eigenvalue weighted by Gasteiger charge is -2.10. The molecular formula is C15H18N4O3. The molecule has 0 bridgehead atoms. The fourth-order valence-electron chi connectivity index (χ4n) is 1.98. The Kier molecular flexibility index (Phi) is 5.24. The molecule has 7 nitrogen and oxygen atoms in total. The Balaban J connectivity index is 2.04. The Morgan fingerprint density at radius 2 is 1.95 bits per heavy atom. The molecule has 1 aromatic heterocycles. The van der Waals surface area contributed by atoms with Crippen LogP contribution in [0.4, 0.5) is 0 Å². The number of fused-ring (bicyclic) bond motifs is 1. The molecule has 2 aromatic rings. The molecule has 0 atom stereocenters. The van der Waals surface area contributed by atoms with Crippen LogP contribution in [0.15, 0.2) is 35.3 Å². The molecule has 0 aliphatic heterocycles. The highest BCUT2D eigenvalue weighted by atomic mass is 16.2. The summed E-state index contributed by atoms with van der Waals surface area (Å²) in [6.07, 6.45) is 2.02. The quantitative estimate of drug-likeness (QED) is 0.788. The van der Waals surface area contributed by atoms with E-state index in [1.807, 2.05) is 13.0 Å². The monoisotopic (exact) mass is 302 g/mol. The second-order valence-corrected chi connectivity index (χ2v) is 4.80. The first-order valence-electron chi connectivity index (χ1n) is 7.09. The number of hydrogen-bond donors (Lipinski definition) is 2. The second-order valence-electron chi connectivity index (χ2n) is 4.80. The van der Waals surface area contributed by atoms with Crippen molar-refractivity contribution in [2.45, 2.75) is 19.9 Å². The topological polar surface area (TPSA) is 93.1 Å². The number of benzene rings is 1. The van der Waals surface area contributed by atoms with Crippen LogP contribution in [0.25, 0.3) is 11.0 Å². The summed E-state index contributed by atoms with van der Waals surface area (Å²) in [7, 11) is 0. The summed E-state index contributed by atoms with van der Waals surface area (Å²) in [5, 5.41) is 5.16. The minimum atomic E-state index is -0.398. The van der Waals surface area contributed by atoms with Crippen LogP contribution in [0.1, 0.15) is 13.3 Å². The van der Waals surface area contributed by atoms with E-state index in [2.05, 4.69) is 15.6 Å². The van der Waals surface area contributed by atoms with Gasteiger partial charge in [-0.15, -0.1) is 0 Å². The SMILES string of the molecule is CCCNC(=O)CNC(=O)Cn1c(=O)cnc2ccccc21. The first-order valence-corrected chi connectivity index (χ1v) is 7.09. The van der Waals surface area contributed by atoms with Crippen molar-refractivity contribution in [1.82, 2.24) is 20.2 Å². The number of carbonyl (C=O) groups is 2. The molecule has 0 radical (unpaired) electrons. The van der Waals surface area contributed by atoms with E-state index in [1.54, 1.807) is 18.2 Å². The Morgan fingerprint density at radius 3 is 2.73 bits per heavy atom. The third kappa shape index (κ3) is 3.91. The minimum Gasteiger partial charge on any atom is -0.355 e. The summed E-state index contributed by atoms with van der Waals surface area (Å²) < 4.78 is 1.33. The summed E-state index contributed by atoms with van der Waals surface area (Å²) in [5.74, 6) is -0.646. The van der Waals surface area contributed by atoms with Crippen LogP contribution in [0, 0.1) is 0 Å². The van der Waals surface area contributed by atoms with Gasteiger partial charge in [0.1, 0.15) is 6.54 Å². The lowest BCUT2D eigenvalue weighted by molar-refractivity contribution is -0.126. The van der Waals surface area contributed by atoms with Gasteiger partial charge >= 0.3 is 0 Å². The highest BCUT2D eigenvalue weighted by molar-refractivity contribution is 5.85. The molecule has 0 fully saturated rings. The molecule has 0 unspecified atom stereocenters. The van der Waals surface area contributed by atoms with Crippen molar-refractivity contribution < 1.29 is 9.59 Å². The van der Waals surface area contributed by atoms with Crippen LogP contribution < -0.4 is 16.2 Å². The predicted molar refractivity (Wildman–Crippen MR) is 82.3 cm³/mol. The Morgan fingerprint density at radius 1 is 1.18 bits per heavy atom. The van der Waals surface area contributed by atoms with Crippen molar-refractivity contribution >= 4 is 22.8 Å². The number of nitrogens with one attached hydrogen (secondary N) is 2. The molecule has 0 saturated heterocycles. The molecule has 2 N–H and O–H groups in total. The predicted octanol–water partition coefficient (Wildman–Crippen LogP) is 0.0389. The molecule has 1 heterocycles. The van der Waals surface area contributed by atoms with E-state index in [1.165, 1.54) is 10.8 Å². The van der Waals surface area contributed by atoms with Gasteiger partial charge < -0.3 is 10.6 Å². The number of hydrogen-bond acceptors (Lipinski definition) is 4. The fraction of sp³-hybridized carbons (Fsp3) is 0.333. The maximum atomic E-state index is 11.9. The zero-order valence-electron chi connectivity index (χ0n) is 12.3. The summed E-state index contributed by atoms with van der Waals surface area (Å²) >= 11 is 0. The molecule has 116 valence electrons. The van der Waals surface area contributed by atoms with Crippen LogP contribution in [0.3, 0.4) is 0 Å².